The van der Waals surface area contributed by atoms with E-state index >= 15 is 0 Å². The zero-order chi connectivity index (χ0) is 11.4. The number of hydrogen-bond donors (Lipinski definition) is 0. The van der Waals surface area contributed by atoms with Crippen molar-refractivity contribution in [3.8, 4) is 11.5 Å². The van der Waals surface area contributed by atoms with E-state index in [4.69, 9.17) is 4.74 Å². The molecule has 2 aromatic rings. The van der Waals surface area contributed by atoms with Gasteiger partial charge in [0.2, 0.25) is 0 Å². The summed E-state index contributed by atoms with van der Waals surface area (Å²) in [6, 6.07) is 6.99. The second-order valence-electron chi connectivity index (χ2n) is 3.26. The van der Waals surface area contributed by atoms with Crippen LogP contribution in [0.15, 0.2) is 43.0 Å². The molecule has 1 aromatic heterocycles. The summed E-state index contributed by atoms with van der Waals surface area (Å²) in [5, 5.41) is 0. The standard InChI is InChI=1S/C12H10N2O2/c1-9(15)10-3-2-4-11(5-10)16-12-6-13-8-14-7-12/h2-8H,1H3. The van der Waals surface area contributed by atoms with E-state index in [-0.39, 0.29) is 5.78 Å². The summed E-state index contributed by atoms with van der Waals surface area (Å²) in [5.74, 6) is 1.15. The van der Waals surface area contributed by atoms with Gasteiger partial charge < -0.3 is 4.74 Å². The van der Waals surface area contributed by atoms with Crippen molar-refractivity contribution >= 4 is 5.78 Å². The third kappa shape index (κ3) is 2.42. The van der Waals surface area contributed by atoms with Crippen molar-refractivity contribution in [1.82, 2.24) is 9.97 Å². The van der Waals surface area contributed by atoms with Gasteiger partial charge >= 0.3 is 0 Å². The van der Waals surface area contributed by atoms with Gasteiger partial charge in [-0.25, -0.2) is 9.97 Å². The Hall–Kier alpha value is -2.23. The monoisotopic (exact) mass is 214 g/mol. The molecule has 0 saturated heterocycles. The van der Waals surface area contributed by atoms with Crippen molar-refractivity contribution in [2.75, 3.05) is 0 Å². The number of carbonyl (C=O) groups excluding carboxylic acids is 1. The minimum atomic E-state index is 0.00904. The fourth-order valence-corrected chi connectivity index (χ4v) is 1.25. The van der Waals surface area contributed by atoms with Crippen LogP contribution in [0.4, 0.5) is 0 Å². The molecule has 0 atom stereocenters. The normalized spacial score (nSPS) is 9.81. The van der Waals surface area contributed by atoms with Crippen LogP contribution < -0.4 is 4.74 Å². The number of ketones is 1. The maximum Gasteiger partial charge on any atom is 0.163 e. The minimum absolute atomic E-state index is 0.00904. The van der Waals surface area contributed by atoms with Crippen LogP contribution in [-0.2, 0) is 0 Å². The number of rotatable bonds is 3. The summed E-state index contributed by atoms with van der Waals surface area (Å²) in [6.07, 6.45) is 4.56. The lowest BCUT2D eigenvalue weighted by Gasteiger charge is -2.05. The molecule has 0 N–H and O–H groups in total. The van der Waals surface area contributed by atoms with Crippen LogP contribution in [0, 0.1) is 0 Å². The van der Waals surface area contributed by atoms with Crippen molar-refractivity contribution in [2.45, 2.75) is 6.92 Å². The predicted octanol–water partition coefficient (Wildman–Crippen LogP) is 2.47. The first-order valence-corrected chi connectivity index (χ1v) is 4.79. The number of hydrogen-bond acceptors (Lipinski definition) is 4. The molecule has 0 aliphatic carbocycles. The number of benzene rings is 1. The molecular weight excluding hydrogens is 204 g/mol. The average Bonchev–Trinajstić information content (AvgIpc) is 2.30. The van der Waals surface area contributed by atoms with E-state index in [1.165, 1.54) is 13.3 Å². The summed E-state index contributed by atoms with van der Waals surface area (Å²) in [4.78, 5) is 18.8. The molecule has 0 bridgehead atoms. The number of aromatic nitrogens is 2. The molecule has 4 nitrogen and oxygen atoms in total. The molecule has 0 radical (unpaired) electrons. The molecule has 0 fully saturated rings. The van der Waals surface area contributed by atoms with Gasteiger partial charge in [-0.3, -0.25) is 4.79 Å². The lowest BCUT2D eigenvalue weighted by Crippen LogP contribution is -1.93. The van der Waals surface area contributed by atoms with Gasteiger partial charge in [-0.2, -0.15) is 0 Å². The minimum Gasteiger partial charge on any atom is -0.454 e. The predicted molar refractivity (Wildman–Crippen MR) is 58.6 cm³/mol. The van der Waals surface area contributed by atoms with Crippen molar-refractivity contribution < 1.29 is 9.53 Å². The Balaban J connectivity index is 2.22. The molecule has 0 aliphatic heterocycles. The van der Waals surface area contributed by atoms with E-state index in [0.717, 1.165) is 0 Å². The highest BCUT2D eigenvalue weighted by molar-refractivity contribution is 5.94. The molecular formula is C12H10N2O2. The fourth-order valence-electron chi connectivity index (χ4n) is 1.25. The van der Waals surface area contributed by atoms with Crippen LogP contribution in [0.2, 0.25) is 0 Å². The highest BCUT2D eigenvalue weighted by Crippen LogP contribution is 2.20. The molecule has 0 amide bonds. The largest absolute Gasteiger partial charge is 0.454 e. The summed E-state index contributed by atoms with van der Waals surface area (Å²) in [7, 11) is 0. The molecule has 1 heterocycles. The van der Waals surface area contributed by atoms with Crippen molar-refractivity contribution in [1.29, 1.82) is 0 Å². The van der Waals surface area contributed by atoms with Gasteiger partial charge in [0.15, 0.2) is 11.5 Å². The molecule has 16 heavy (non-hydrogen) atoms. The van der Waals surface area contributed by atoms with Crippen molar-refractivity contribution in [2.24, 2.45) is 0 Å². The second-order valence-corrected chi connectivity index (χ2v) is 3.26. The Morgan fingerprint density at radius 1 is 1.19 bits per heavy atom. The first-order chi connectivity index (χ1) is 7.75. The van der Waals surface area contributed by atoms with Gasteiger partial charge in [0.1, 0.15) is 12.1 Å². The van der Waals surface area contributed by atoms with Crippen molar-refractivity contribution in [3.05, 3.63) is 48.5 Å². The summed E-state index contributed by atoms with van der Waals surface area (Å²) in [6.45, 7) is 1.52. The van der Waals surface area contributed by atoms with Crippen LogP contribution in [0.5, 0.6) is 11.5 Å². The highest BCUT2D eigenvalue weighted by Gasteiger charge is 2.02. The Kier molecular flexibility index (Phi) is 2.91. The number of nitrogens with zero attached hydrogens (tertiary/aromatic N) is 2. The quantitative estimate of drug-likeness (QED) is 0.736. The zero-order valence-corrected chi connectivity index (χ0v) is 8.75. The Bertz CT molecular complexity index is 497. The van der Waals surface area contributed by atoms with Gasteiger partial charge in [-0.15, -0.1) is 0 Å². The van der Waals surface area contributed by atoms with Gasteiger partial charge in [0.25, 0.3) is 0 Å². The number of carbonyl (C=O) groups is 1. The molecule has 0 aliphatic rings. The van der Waals surface area contributed by atoms with E-state index < -0.39 is 0 Å². The highest BCUT2D eigenvalue weighted by atomic mass is 16.5. The SMILES string of the molecule is CC(=O)c1cccc(Oc2cncnc2)c1. The Labute approximate surface area is 92.9 Å². The van der Waals surface area contributed by atoms with Gasteiger partial charge in [-0.05, 0) is 19.1 Å². The molecule has 0 spiro atoms. The van der Waals surface area contributed by atoms with E-state index in [1.54, 1.807) is 36.7 Å². The van der Waals surface area contributed by atoms with Crippen LogP contribution >= 0.6 is 0 Å². The third-order valence-corrected chi connectivity index (χ3v) is 2.01. The van der Waals surface area contributed by atoms with Crippen LogP contribution in [0.3, 0.4) is 0 Å². The molecule has 80 valence electrons. The molecule has 2 rings (SSSR count). The maximum absolute atomic E-state index is 11.2. The lowest BCUT2D eigenvalue weighted by atomic mass is 10.1. The van der Waals surface area contributed by atoms with Crippen molar-refractivity contribution in [3.63, 3.8) is 0 Å². The van der Waals surface area contributed by atoms with E-state index in [2.05, 4.69) is 9.97 Å². The third-order valence-electron chi connectivity index (χ3n) is 2.01. The fraction of sp³-hybridized carbons (Fsp3) is 0.0833. The second kappa shape index (κ2) is 4.53. The van der Waals surface area contributed by atoms with Crippen LogP contribution in [0.25, 0.3) is 0 Å². The van der Waals surface area contributed by atoms with E-state index in [1.807, 2.05) is 0 Å². The average molecular weight is 214 g/mol. The maximum atomic E-state index is 11.2. The number of Topliss-reactive ketones (excluding diaryl/α,β-unsaturated/α-hetero) is 1. The Morgan fingerprint density at radius 3 is 2.62 bits per heavy atom. The smallest absolute Gasteiger partial charge is 0.163 e. The Morgan fingerprint density at radius 2 is 1.94 bits per heavy atom. The van der Waals surface area contributed by atoms with Crippen LogP contribution in [0.1, 0.15) is 17.3 Å². The summed E-state index contributed by atoms with van der Waals surface area (Å²) >= 11 is 0. The molecule has 0 unspecified atom stereocenters. The molecule has 0 saturated carbocycles. The lowest BCUT2D eigenvalue weighted by molar-refractivity contribution is 0.101. The molecule has 4 heteroatoms. The summed E-state index contributed by atoms with van der Waals surface area (Å²) in [5.41, 5.74) is 0.620. The summed E-state index contributed by atoms with van der Waals surface area (Å²) < 4.78 is 5.49. The van der Waals surface area contributed by atoms with Gasteiger partial charge in [0, 0.05) is 5.56 Å². The molecule has 1 aromatic carbocycles. The topological polar surface area (TPSA) is 52.1 Å². The first-order valence-electron chi connectivity index (χ1n) is 4.79. The van der Waals surface area contributed by atoms with E-state index in [0.29, 0.717) is 17.1 Å². The zero-order valence-electron chi connectivity index (χ0n) is 8.75. The van der Waals surface area contributed by atoms with Gasteiger partial charge in [0.05, 0.1) is 12.4 Å². The van der Waals surface area contributed by atoms with E-state index in [9.17, 15) is 4.79 Å². The number of ether oxygens (including phenoxy) is 1. The first kappa shape index (κ1) is 10.3. The van der Waals surface area contributed by atoms with Gasteiger partial charge in [-0.1, -0.05) is 12.1 Å². The van der Waals surface area contributed by atoms with Crippen LogP contribution in [-0.4, -0.2) is 15.8 Å².